The second-order valence-corrected chi connectivity index (χ2v) is 4.82. The van der Waals surface area contributed by atoms with Crippen LogP contribution in [0.3, 0.4) is 0 Å². The third kappa shape index (κ3) is 3.46. The average molecular weight is 274 g/mol. The minimum absolute atomic E-state index is 0.774. The molecule has 2 aromatic rings. The summed E-state index contributed by atoms with van der Waals surface area (Å²) in [5, 5.41) is 10.8. The molecule has 2 N–H and O–H groups in total. The summed E-state index contributed by atoms with van der Waals surface area (Å²) in [6, 6.07) is 0. The lowest BCUT2D eigenvalue weighted by Gasteiger charge is -2.13. The summed E-state index contributed by atoms with van der Waals surface area (Å²) in [4.78, 5) is 8.89. The summed E-state index contributed by atoms with van der Waals surface area (Å²) >= 11 is 0. The number of aromatic nitrogens is 4. The molecule has 0 aliphatic rings. The van der Waals surface area contributed by atoms with E-state index in [0.29, 0.717) is 0 Å². The van der Waals surface area contributed by atoms with E-state index >= 15 is 0 Å². The predicted octanol–water partition coefficient (Wildman–Crippen LogP) is 1.91. The van der Waals surface area contributed by atoms with Crippen molar-refractivity contribution in [3.63, 3.8) is 0 Å². The van der Waals surface area contributed by atoms with Crippen LogP contribution < -0.4 is 10.6 Å². The highest BCUT2D eigenvalue weighted by Gasteiger charge is 2.08. The number of rotatable bonds is 6. The molecule has 20 heavy (non-hydrogen) atoms. The smallest absolute Gasteiger partial charge is 0.134 e. The predicted molar refractivity (Wildman–Crippen MR) is 81.1 cm³/mol. The molecule has 0 radical (unpaired) electrons. The largest absolute Gasteiger partial charge is 0.370 e. The molecule has 0 aliphatic heterocycles. The highest BCUT2D eigenvalue weighted by atomic mass is 15.2. The number of nitrogens with zero attached hydrogens (tertiary/aromatic N) is 4. The van der Waals surface area contributed by atoms with Crippen LogP contribution in [0.5, 0.6) is 0 Å². The number of anilines is 2. The summed E-state index contributed by atoms with van der Waals surface area (Å²) < 4.78 is 1.82. The molecule has 0 aromatic carbocycles. The second kappa shape index (κ2) is 6.36. The van der Waals surface area contributed by atoms with Gasteiger partial charge in [0.05, 0.1) is 6.20 Å². The molecule has 2 aromatic heterocycles. The lowest BCUT2D eigenvalue weighted by Crippen LogP contribution is -2.11. The van der Waals surface area contributed by atoms with Gasteiger partial charge in [0.15, 0.2) is 0 Å². The molecule has 2 heterocycles. The summed E-state index contributed by atoms with van der Waals surface area (Å²) in [5.74, 6) is 2.58. The van der Waals surface area contributed by atoms with E-state index in [2.05, 4.69) is 32.6 Å². The molecule has 0 bridgehead atoms. The Morgan fingerprint density at radius 3 is 2.45 bits per heavy atom. The molecule has 0 spiro atoms. The van der Waals surface area contributed by atoms with Crippen LogP contribution in [0, 0.1) is 13.8 Å². The van der Waals surface area contributed by atoms with Gasteiger partial charge in [-0.2, -0.15) is 5.10 Å². The SMILES string of the molecule is CCNc1nc(C)nc(NCCc2cnn(C)c2)c1C. The van der Waals surface area contributed by atoms with Crippen LogP contribution in [0.1, 0.15) is 23.9 Å². The van der Waals surface area contributed by atoms with Crippen LogP contribution >= 0.6 is 0 Å². The monoisotopic (exact) mass is 274 g/mol. The molecule has 0 unspecified atom stereocenters. The van der Waals surface area contributed by atoms with Crippen molar-refractivity contribution in [3.8, 4) is 0 Å². The lowest BCUT2D eigenvalue weighted by atomic mass is 10.2. The lowest BCUT2D eigenvalue weighted by molar-refractivity contribution is 0.766. The standard InChI is InChI=1S/C14H22N6/c1-5-15-13-10(2)14(19-11(3)18-13)16-7-6-12-8-17-20(4)9-12/h8-9H,5-7H2,1-4H3,(H2,15,16,18,19). The van der Waals surface area contributed by atoms with Crippen LogP contribution in [0.25, 0.3) is 0 Å². The van der Waals surface area contributed by atoms with Crippen molar-refractivity contribution >= 4 is 11.6 Å². The fourth-order valence-corrected chi connectivity index (χ4v) is 2.07. The highest BCUT2D eigenvalue weighted by molar-refractivity contribution is 5.57. The van der Waals surface area contributed by atoms with E-state index in [0.717, 1.165) is 42.5 Å². The van der Waals surface area contributed by atoms with Crippen LogP contribution in [0.15, 0.2) is 12.4 Å². The Bertz CT molecular complexity index is 575. The second-order valence-electron chi connectivity index (χ2n) is 4.82. The molecule has 0 aliphatic carbocycles. The molecular weight excluding hydrogens is 252 g/mol. The van der Waals surface area contributed by atoms with E-state index in [1.807, 2.05) is 38.0 Å². The Labute approximate surface area is 119 Å². The van der Waals surface area contributed by atoms with Crippen LogP contribution in [0.4, 0.5) is 11.6 Å². The van der Waals surface area contributed by atoms with E-state index in [1.165, 1.54) is 5.56 Å². The summed E-state index contributed by atoms with van der Waals surface area (Å²) in [7, 11) is 1.93. The third-order valence-electron chi connectivity index (χ3n) is 3.07. The minimum atomic E-state index is 0.774. The molecule has 108 valence electrons. The third-order valence-corrected chi connectivity index (χ3v) is 3.07. The molecule has 6 heteroatoms. The van der Waals surface area contributed by atoms with Gasteiger partial charge in [-0.3, -0.25) is 4.68 Å². The van der Waals surface area contributed by atoms with Gasteiger partial charge in [-0.15, -0.1) is 0 Å². The normalized spacial score (nSPS) is 10.6. The maximum atomic E-state index is 4.47. The van der Waals surface area contributed by atoms with Gasteiger partial charge < -0.3 is 10.6 Å². The van der Waals surface area contributed by atoms with Crippen molar-refractivity contribution in [2.75, 3.05) is 23.7 Å². The molecule has 0 saturated carbocycles. The average Bonchev–Trinajstić information content (AvgIpc) is 2.81. The van der Waals surface area contributed by atoms with Crippen molar-refractivity contribution in [1.29, 1.82) is 0 Å². The maximum Gasteiger partial charge on any atom is 0.134 e. The minimum Gasteiger partial charge on any atom is -0.370 e. The first-order chi connectivity index (χ1) is 9.60. The zero-order valence-electron chi connectivity index (χ0n) is 12.6. The summed E-state index contributed by atoms with van der Waals surface area (Å²) in [5.41, 5.74) is 2.28. The van der Waals surface area contributed by atoms with Crippen LogP contribution in [-0.4, -0.2) is 32.8 Å². The van der Waals surface area contributed by atoms with Crippen molar-refractivity contribution < 1.29 is 0 Å². The number of hydrogen-bond acceptors (Lipinski definition) is 5. The van der Waals surface area contributed by atoms with Gasteiger partial charge in [0.1, 0.15) is 17.5 Å². The Hall–Kier alpha value is -2.11. The first kappa shape index (κ1) is 14.3. The first-order valence-corrected chi connectivity index (χ1v) is 6.90. The fraction of sp³-hybridized carbons (Fsp3) is 0.500. The van der Waals surface area contributed by atoms with Gasteiger partial charge in [0.2, 0.25) is 0 Å². The number of nitrogens with one attached hydrogen (secondary N) is 2. The maximum absolute atomic E-state index is 4.47. The molecule has 0 atom stereocenters. The van der Waals surface area contributed by atoms with Crippen molar-refractivity contribution in [2.45, 2.75) is 27.2 Å². The van der Waals surface area contributed by atoms with Gasteiger partial charge in [-0.05, 0) is 32.8 Å². The first-order valence-electron chi connectivity index (χ1n) is 6.90. The molecular formula is C14H22N6. The summed E-state index contributed by atoms with van der Waals surface area (Å²) in [6.07, 6.45) is 4.85. The topological polar surface area (TPSA) is 67.7 Å². The van der Waals surface area contributed by atoms with E-state index < -0.39 is 0 Å². The van der Waals surface area contributed by atoms with E-state index in [1.54, 1.807) is 0 Å². The fourth-order valence-electron chi connectivity index (χ4n) is 2.07. The Kier molecular flexibility index (Phi) is 4.55. The van der Waals surface area contributed by atoms with Gasteiger partial charge in [0.25, 0.3) is 0 Å². The number of hydrogen-bond donors (Lipinski definition) is 2. The Morgan fingerprint density at radius 2 is 1.85 bits per heavy atom. The Balaban J connectivity index is 2.01. The van der Waals surface area contributed by atoms with E-state index in [4.69, 9.17) is 0 Å². The van der Waals surface area contributed by atoms with Gasteiger partial charge in [-0.25, -0.2) is 9.97 Å². The molecule has 6 nitrogen and oxygen atoms in total. The van der Waals surface area contributed by atoms with Crippen molar-refractivity contribution in [1.82, 2.24) is 19.7 Å². The quantitative estimate of drug-likeness (QED) is 0.842. The van der Waals surface area contributed by atoms with Crippen molar-refractivity contribution in [3.05, 3.63) is 29.3 Å². The van der Waals surface area contributed by atoms with E-state index in [9.17, 15) is 0 Å². The van der Waals surface area contributed by atoms with Crippen LogP contribution in [0.2, 0.25) is 0 Å². The molecule has 0 amide bonds. The van der Waals surface area contributed by atoms with Crippen LogP contribution in [-0.2, 0) is 13.5 Å². The zero-order valence-corrected chi connectivity index (χ0v) is 12.6. The highest BCUT2D eigenvalue weighted by Crippen LogP contribution is 2.19. The molecule has 2 rings (SSSR count). The van der Waals surface area contributed by atoms with Crippen molar-refractivity contribution in [2.24, 2.45) is 7.05 Å². The van der Waals surface area contributed by atoms with Gasteiger partial charge >= 0.3 is 0 Å². The Morgan fingerprint density at radius 1 is 1.15 bits per heavy atom. The van der Waals surface area contributed by atoms with Gasteiger partial charge in [-0.1, -0.05) is 0 Å². The van der Waals surface area contributed by atoms with E-state index in [-0.39, 0.29) is 0 Å². The molecule has 0 saturated heterocycles. The zero-order chi connectivity index (χ0) is 14.5. The number of aryl methyl sites for hydroxylation is 2. The molecule has 0 fully saturated rings. The summed E-state index contributed by atoms with van der Waals surface area (Å²) in [6.45, 7) is 7.68. The van der Waals surface area contributed by atoms with Gasteiger partial charge in [0, 0.05) is 31.9 Å².